The lowest BCUT2D eigenvalue weighted by Gasteiger charge is -2.36. The SMILES string of the molecule is COc1ccc2[nH]c3c(c2c1)CCN(C(=O)Nc1ccccc1OC)[C@H]3c1ccc(C)cc1. The standard InChI is InChI=1S/C27H27N3O3/c1-17-8-10-18(11-9-17)26-25-20(21-16-19(32-2)12-13-22(21)28-25)14-15-30(26)27(31)29-23-6-4-5-7-24(23)33-3/h4-13,16,26,28H,14-15H2,1-3H3,(H,29,31)/t26-/m0/s1. The average molecular weight is 442 g/mol. The van der Waals surface area contributed by atoms with E-state index in [1.54, 1.807) is 14.2 Å². The zero-order chi connectivity index (χ0) is 22.9. The Balaban J connectivity index is 1.58. The van der Waals surface area contributed by atoms with Crippen molar-refractivity contribution in [3.05, 3.63) is 89.1 Å². The molecule has 0 unspecified atom stereocenters. The van der Waals surface area contributed by atoms with Crippen LogP contribution >= 0.6 is 0 Å². The monoisotopic (exact) mass is 441 g/mol. The molecule has 2 N–H and O–H groups in total. The largest absolute Gasteiger partial charge is 0.497 e. The molecule has 2 heterocycles. The van der Waals surface area contributed by atoms with E-state index >= 15 is 0 Å². The van der Waals surface area contributed by atoms with Crippen molar-refractivity contribution < 1.29 is 14.3 Å². The molecule has 0 radical (unpaired) electrons. The average Bonchev–Trinajstić information content (AvgIpc) is 3.22. The van der Waals surface area contributed by atoms with Gasteiger partial charge in [0.05, 0.1) is 25.9 Å². The summed E-state index contributed by atoms with van der Waals surface area (Å²) in [7, 11) is 3.28. The van der Waals surface area contributed by atoms with Gasteiger partial charge >= 0.3 is 6.03 Å². The summed E-state index contributed by atoms with van der Waals surface area (Å²) < 4.78 is 10.9. The highest BCUT2D eigenvalue weighted by molar-refractivity contribution is 5.93. The number of aryl methyl sites for hydroxylation is 1. The number of amides is 2. The van der Waals surface area contributed by atoms with Gasteiger partial charge in [-0.25, -0.2) is 4.79 Å². The lowest BCUT2D eigenvalue weighted by molar-refractivity contribution is 0.193. The fourth-order valence-corrected chi connectivity index (χ4v) is 4.64. The van der Waals surface area contributed by atoms with Crippen LogP contribution in [0.4, 0.5) is 10.5 Å². The molecule has 0 fully saturated rings. The van der Waals surface area contributed by atoms with E-state index in [-0.39, 0.29) is 12.1 Å². The molecule has 168 valence electrons. The Hall–Kier alpha value is -3.93. The zero-order valence-electron chi connectivity index (χ0n) is 19.0. The normalized spacial score (nSPS) is 15.2. The maximum Gasteiger partial charge on any atom is 0.322 e. The molecule has 0 aliphatic carbocycles. The lowest BCUT2D eigenvalue weighted by atomic mass is 9.92. The predicted molar refractivity (Wildman–Crippen MR) is 130 cm³/mol. The molecule has 4 aromatic rings. The van der Waals surface area contributed by atoms with Gasteiger partial charge in [0.1, 0.15) is 11.5 Å². The van der Waals surface area contributed by atoms with Gasteiger partial charge in [0.2, 0.25) is 0 Å². The number of methoxy groups -OCH3 is 2. The van der Waals surface area contributed by atoms with Crippen LogP contribution in [-0.4, -0.2) is 36.7 Å². The number of rotatable bonds is 4. The van der Waals surface area contributed by atoms with E-state index in [1.807, 2.05) is 41.3 Å². The van der Waals surface area contributed by atoms with Gasteiger partial charge in [-0.2, -0.15) is 0 Å². The number of carbonyl (C=O) groups excluding carboxylic acids is 1. The van der Waals surface area contributed by atoms with E-state index in [0.717, 1.165) is 34.3 Å². The number of anilines is 1. The summed E-state index contributed by atoms with van der Waals surface area (Å²) >= 11 is 0. The van der Waals surface area contributed by atoms with Crippen molar-refractivity contribution in [2.75, 3.05) is 26.1 Å². The molecule has 1 aliphatic rings. The molecule has 0 saturated heterocycles. The van der Waals surface area contributed by atoms with Crippen molar-refractivity contribution in [3.63, 3.8) is 0 Å². The number of benzene rings is 3. The fourth-order valence-electron chi connectivity index (χ4n) is 4.64. The summed E-state index contributed by atoms with van der Waals surface area (Å²) in [6.45, 7) is 2.66. The minimum absolute atomic E-state index is 0.160. The van der Waals surface area contributed by atoms with Gasteiger partial charge in [0.15, 0.2) is 0 Å². The summed E-state index contributed by atoms with van der Waals surface area (Å²) in [6, 6.07) is 21.5. The quantitative estimate of drug-likeness (QED) is 0.429. The Morgan fingerprint density at radius 3 is 2.58 bits per heavy atom. The van der Waals surface area contributed by atoms with Crippen LogP contribution in [0, 0.1) is 6.92 Å². The van der Waals surface area contributed by atoms with Crippen LogP contribution < -0.4 is 14.8 Å². The number of nitrogens with zero attached hydrogens (tertiary/aromatic N) is 1. The molecule has 3 aromatic carbocycles. The first kappa shape index (κ1) is 20.9. The van der Waals surface area contributed by atoms with Crippen molar-refractivity contribution >= 4 is 22.6 Å². The van der Waals surface area contributed by atoms with Crippen molar-refractivity contribution in [1.82, 2.24) is 9.88 Å². The van der Waals surface area contributed by atoms with E-state index in [0.29, 0.717) is 18.0 Å². The molecular weight excluding hydrogens is 414 g/mol. The molecule has 0 spiro atoms. The van der Waals surface area contributed by atoms with Gasteiger partial charge < -0.3 is 24.7 Å². The number of fused-ring (bicyclic) bond motifs is 3. The third-order valence-corrected chi connectivity index (χ3v) is 6.34. The number of hydrogen-bond donors (Lipinski definition) is 2. The third-order valence-electron chi connectivity index (χ3n) is 6.34. The number of nitrogens with one attached hydrogen (secondary N) is 2. The Morgan fingerprint density at radius 1 is 1.03 bits per heavy atom. The predicted octanol–water partition coefficient (Wildman–Crippen LogP) is 5.67. The van der Waals surface area contributed by atoms with Crippen LogP contribution in [0.3, 0.4) is 0 Å². The van der Waals surface area contributed by atoms with Gasteiger partial charge in [-0.05, 0) is 54.8 Å². The van der Waals surface area contributed by atoms with E-state index in [1.165, 1.54) is 11.1 Å². The maximum absolute atomic E-state index is 13.5. The summed E-state index contributed by atoms with van der Waals surface area (Å²) in [5, 5.41) is 4.20. The zero-order valence-corrected chi connectivity index (χ0v) is 19.0. The molecule has 33 heavy (non-hydrogen) atoms. The highest BCUT2D eigenvalue weighted by Crippen LogP contribution is 2.40. The second kappa shape index (κ2) is 8.54. The number of ether oxygens (including phenoxy) is 2. The maximum atomic E-state index is 13.5. The summed E-state index contributed by atoms with van der Waals surface area (Å²) in [5.74, 6) is 1.46. The van der Waals surface area contributed by atoms with Gasteiger partial charge in [-0.3, -0.25) is 0 Å². The van der Waals surface area contributed by atoms with Crippen molar-refractivity contribution in [2.45, 2.75) is 19.4 Å². The lowest BCUT2D eigenvalue weighted by Crippen LogP contribution is -2.43. The highest BCUT2D eigenvalue weighted by atomic mass is 16.5. The summed E-state index contributed by atoms with van der Waals surface area (Å²) in [6.07, 6.45) is 0.754. The Kier molecular flexibility index (Phi) is 5.42. The Morgan fingerprint density at radius 2 is 1.82 bits per heavy atom. The molecule has 6 heteroatoms. The molecule has 2 amide bonds. The molecule has 1 aliphatic heterocycles. The number of aromatic amines is 1. The third kappa shape index (κ3) is 3.78. The van der Waals surface area contributed by atoms with E-state index in [9.17, 15) is 4.79 Å². The Bertz CT molecular complexity index is 1310. The number of hydrogen-bond acceptors (Lipinski definition) is 3. The van der Waals surface area contributed by atoms with Crippen LogP contribution in [0.5, 0.6) is 11.5 Å². The highest BCUT2D eigenvalue weighted by Gasteiger charge is 2.35. The van der Waals surface area contributed by atoms with Crippen LogP contribution in [-0.2, 0) is 6.42 Å². The van der Waals surface area contributed by atoms with Gasteiger partial charge in [-0.15, -0.1) is 0 Å². The Labute approximate surface area is 193 Å². The molecule has 5 rings (SSSR count). The minimum Gasteiger partial charge on any atom is -0.497 e. The first-order chi connectivity index (χ1) is 16.1. The van der Waals surface area contributed by atoms with Gasteiger partial charge in [0.25, 0.3) is 0 Å². The smallest absolute Gasteiger partial charge is 0.322 e. The van der Waals surface area contributed by atoms with Gasteiger partial charge in [-0.1, -0.05) is 42.0 Å². The van der Waals surface area contributed by atoms with E-state index < -0.39 is 0 Å². The number of para-hydroxylation sites is 2. The molecule has 1 atom stereocenters. The number of urea groups is 1. The van der Waals surface area contributed by atoms with E-state index in [4.69, 9.17) is 9.47 Å². The number of carbonyl (C=O) groups is 1. The summed E-state index contributed by atoms with van der Waals surface area (Å²) in [5.41, 5.74) is 6.22. The first-order valence-electron chi connectivity index (χ1n) is 11.0. The molecule has 0 bridgehead atoms. The molecule has 1 aromatic heterocycles. The van der Waals surface area contributed by atoms with Gasteiger partial charge in [0, 0.05) is 23.1 Å². The summed E-state index contributed by atoms with van der Waals surface area (Å²) in [4.78, 5) is 19.0. The fraction of sp³-hybridized carbons (Fsp3) is 0.222. The van der Waals surface area contributed by atoms with Crippen molar-refractivity contribution in [3.8, 4) is 11.5 Å². The van der Waals surface area contributed by atoms with Crippen LogP contribution in [0.25, 0.3) is 10.9 Å². The molecular formula is C27H27N3O3. The minimum atomic E-state index is -0.234. The molecule has 0 saturated carbocycles. The van der Waals surface area contributed by atoms with Crippen molar-refractivity contribution in [1.29, 1.82) is 0 Å². The van der Waals surface area contributed by atoms with Crippen molar-refractivity contribution in [2.24, 2.45) is 0 Å². The van der Waals surface area contributed by atoms with Crippen LogP contribution in [0.1, 0.15) is 28.4 Å². The number of aromatic nitrogens is 1. The second-order valence-corrected chi connectivity index (χ2v) is 8.32. The second-order valence-electron chi connectivity index (χ2n) is 8.32. The van der Waals surface area contributed by atoms with Crippen LogP contribution in [0.15, 0.2) is 66.7 Å². The topological polar surface area (TPSA) is 66.6 Å². The number of H-pyrrole nitrogens is 1. The molecule has 6 nitrogen and oxygen atoms in total. The van der Waals surface area contributed by atoms with E-state index in [2.05, 4.69) is 47.6 Å². The van der Waals surface area contributed by atoms with Crippen LogP contribution in [0.2, 0.25) is 0 Å². The first-order valence-corrected chi connectivity index (χ1v) is 11.0.